The molecule has 0 saturated heterocycles. The predicted molar refractivity (Wildman–Crippen MR) is 99.4 cm³/mol. The second-order valence-corrected chi connectivity index (χ2v) is 5.85. The summed E-state index contributed by atoms with van der Waals surface area (Å²) < 4.78 is 16.2. The zero-order valence-electron chi connectivity index (χ0n) is 15.3. The van der Waals surface area contributed by atoms with Gasteiger partial charge in [0.15, 0.2) is 11.5 Å². The van der Waals surface area contributed by atoms with Gasteiger partial charge in [0, 0.05) is 12.2 Å². The van der Waals surface area contributed by atoms with Gasteiger partial charge in [0.05, 0.1) is 25.3 Å². The van der Waals surface area contributed by atoms with Crippen LogP contribution in [0.3, 0.4) is 0 Å². The minimum Gasteiger partial charge on any atom is -0.493 e. The SMILES string of the molecule is CC[C@H](C)Nc1ccc(-c2nc(-c3cccc(OC)c3OC)no2)cn1. The molecule has 0 amide bonds. The van der Waals surface area contributed by atoms with Gasteiger partial charge in [0.25, 0.3) is 5.89 Å². The molecular weight excluding hydrogens is 332 g/mol. The van der Waals surface area contributed by atoms with Gasteiger partial charge in [0.1, 0.15) is 5.82 Å². The number of hydrogen-bond donors (Lipinski definition) is 1. The smallest absolute Gasteiger partial charge is 0.259 e. The van der Waals surface area contributed by atoms with Crippen LogP contribution in [0.2, 0.25) is 0 Å². The standard InChI is InChI=1S/C19H22N4O3/c1-5-12(2)21-16-10-9-13(11-20-16)19-22-18(23-26-19)14-7-6-8-15(24-3)17(14)25-4/h6-12H,5H2,1-4H3,(H,20,21)/t12-/m0/s1. The quantitative estimate of drug-likeness (QED) is 0.686. The maximum absolute atomic E-state index is 5.43. The van der Waals surface area contributed by atoms with Crippen LogP contribution in [0.15, 0.2) is 41.1 Å². The van der Waals surface area contributed by atoms with E-state index in [1.54, 1.807) is 20.4 Å². The molecule has 7 heteroatoms. The Bertz CT molecular complexity index is 861. The Hall–Kier alpha value is -3.09. The Morgan fingerprint density at radius 2 is 2.00 bits per heavy atom. The van der Waals surface area contributed by atoms with Crippen LogP contribution in [0.25, 0.3) is 22.8 Å². The molecule has 0 radical (unpaired) electrons. The summed E-state index contributed by atoms with van der Waals surface area (Å²) in [5.41, 5.74) is 1.45. The van der Waals surface area contributed by atoms with Crippen LogP contribution in [-0.2, 0) is 0 Å². The summed E-state index contributed by atoms with van der Waals surface area (Å²) in [5, 5.41) is 7.39. The van der Waals surface area contributed by atoms with E-state index in [1.165, 1.54) is 0 Å². The van der Waals surface area contributed by atoms with E-state index in [9.17, 15) is 0 Å². The maximum Gasteiger partial charge on any atom is 0.259 e. The van der Waals surface area contributed by atoms with Gasteiger partial charge in [-0.15, -0.1) is 0 Å². The summed E-state index contributed by atoms with van der Waals surface area (Å²) in [7, 11) is 3.17. The summed E-state index contributed by atoms with van der Waals surface area (Å²) in [6.45, 7) is 4.24. The fraction of sp³-hybridized carbons (Fsp3) is 0.316. The van der Waals surface area contributed by atoms with Crippen LogP contribution in [-0.4, -0.2) is 35.4 Å². The topological polar surface area (TPSA) is 82.3 Å². The van der Waals surface area contributed by atoms with Gasteiger partial charge in [-0.05, 0) is 37.6 Å². The number of hydrogen-bond acceptors (Lipinski definition) is 7. The number of ether oxygens (including phenoxy) is 2. The lowest BCUT2D eigenvalue weighted by Crippen LogP contribution is -2.14. The average Bonchev–Trinajstić information content (AvgIpc) is 3.17. The van der Waals surface area contributed by atoms with Crippen LogP contribution in [0.1, 0.15) is 20.3 Å². The van der Waals surface area contributed by atoms with Gasteiger partial charge in [0.2, 0.25) is 5.82 Å². The van der Waals surface area contributed by atoms with Crippen molar-refractivity contribution < 1.29 is 14.0 Å². The molecule has 136 valence electrons. The molecule has 0 unspecified atom stereocenters. The number of pyridine rings is 1. The third kappa shape index (κ3) is 3.61. The molecule has 2 aromatic heterocycles. The second-order valence-electron chi connectivity index (χ2n) is 5.85. The van der Waals surface area contributed by atoms with E-state index in [1.807, 2.05) is 30.3 Å². The van der Waals surface area contributed by atoms with Crippen molar-refractivity contribution in [1.82, 2.24) is 15.1 Å². The first-order valence-corrected chi connectivity index (χ1v) is 8.44. The van der Waals surface area contributed by atoms with Crippen LogP contribution >= 0.6 is 0 Å². The number of nitrogens with one attached hydrogen (secondary N) is 1. The molecule has 0 spiro atoms. The van der Waals surface area contributed by atoms with E-state index in [2.05, 4.69) is 34.3 Å². The van der Waals surface area contributed by atoms with E-state index in [-0.39, 0.29) is 0 Å². The molecule has 7 nitrogen and oxygen atoms in total. The molecule has 26 heavy (non-hydrogen) atoms. The second kappa shape index (κ2) is 7.86. The van der Waals surface area contributed by atoms with Gasteiger partial charge >= 0.3 is 0 Å². The molecule has 0 aliphatic carbocycles. The largest absolute Gasteiger partial charge is 0.493 e. The highest BCUT2D eigenvalue weighted by Gasteiger charge is 2.17. The van der Waals surface area contributed by atoms with Crippen molar-refractivity contribution in [2.45, 2.75) is 26.3 Å². The van der Waals surface area contributed by atoms with E-state index in [4.69, 9.17) is 14.0 Å². The first kappa shape index (κ1) is 17.7. The van der Waals surface area contributed by atoms with Crippen LogP contribution in [0, 0.1) is 0 Å². The Morgan fingerprint density at radius 1 is 1.15 bits per heavy atom. The van der Waals surface area contributed by atoms with Crippen LogP contribution in [0.4, 0.5) is 5.82 Å². The third-order valence-electron chi connectivity index (χ3n) is 4.09. The number of benzene rings is 1. The Morgan fingerprint density at radius 3 is 2.65 bits per heavy atom. The minimum absolute atomic E-state index is 0.365. The molecular formula is C19H22N4O3. The Kier molecular flexibility index (Phi) is 5.36. The van der Waals surface area contributed by atoms with E-state index >= 15 is 0 Å². The number of aromatic nitrogens is 3. The molecule has 3 rings (SSSR count). The first-order chi connectivity index (χ1) is 12.7. The maximum atomic E-state index is 5.43. The Balaban J connectivity index is 1.87. The summed E-state index contributed by atoms with van der Waals surface area (Å²) >= 11 is 0. The monoisotopic (exact) mass is 354 g/mol. The lowest BCUT2D eigenvalue weighted by Gasteiger charge is -2.11. The molecule has 0 bridgehead atoms. The summed E-state index contributed by atoms with van der Waals surface area (Å²) in [6.07, 6.45) is 2.74. The van der Waals surface area contributed by atoms with Gasteiger partial charge in [-0.3, -0.25) is 0 Å². The van der Waals surface area contributed by atoms with Crippen molar-refractivity contribution in [3.8, 4) is 34.3 Å². The molecule has 0 saturated carbocycles. The number of methoxy groups -OCH3 is 2. The van der Waals surface area contributed by atoms with Crippen molar-refractivity contribution in [2.75, 3.05) is 19.5 Å². The molecule has 0 aliphatic heterocycles. The molecule has 0 fully saturated rings. The fourth-order valence-electron chi connectivity index (χ4n) is 2.47. The number of anilines is 1. The highest BCUT2D eigenvalue weighted by atomic mass is 16.5. The first-order valence-electron chi connectivity index (χ1n) is 8.44. The highest BCUT2D eigenvalue weighted by molar-refractivity contribution is 5.69. The van der Waals surface area contributed by atoms with E-state index in [0.29, 0.717) is 34.8 Å². The molecule has 0 aliphatic rings. The third-order valence-corrected chi connectivity index (χ3v) is 4.09. The number of para-hydroxylation sites is 1. The predicted octanol–water partition coefficient (Wildman–Crippen LogP) is 4.03. The van der Waals surface area contributed by atoms with Crippen molar-refractivity contribution in [3.63, 3.8) is 0 Å². The fourth-order valence-corrected chi connectivity index (χ4v) is 2.47. The van der Waals surface area contributed by atoms with Crippen molar-refractivity contribution >= 4 is 5.82 Å². The van der Waals surface area contributed by atoms with E-state index < -0.39 is 0 Å². The number of rotatable bonds is 7. The van der Waals surface area contributed by atoms with Crippen molar-refractivity contribution in [2.24, 2.45) is 0 Å². The molecule has 1 atom stereocenters. The van der Waals surface area contributed by atoms with E-state index in [0.717, 1.165) is 17.8 Å². The lowest BCUT2D eigenvalue weighted by molar-refractivity contribution is 0.355. The van der Waals surface area contributed by atoms with Crippen LogP contribution in [0.5, 0.6) is 11.5 Å². The normalized spacial score (nSPS) is 11.8. The minimum atomic E-state index is 0.365. The Labute approximate surface area is 152 Å². The van der Waals surface area contributed by atoms with Gasteiger partial charge < -0.3 is 19.3 Å². The summed E-state index contributed by atoms with van der Waals surface area (Å²) in [5.74, 6) is 2.81. The van der Waals surface area contributed by atoms with Gasteiger partial charge in [-0.25, -0.2) is 4.98 Å². The molecule has 2 heterocycles. The zero-order valence-corrected chi connectivity index (χ0v) is 15.3. The molecule has 1 aromatic carbocycles. The van der Waals surface area contributed by atoms with Gasteiger partial charge in [-0.1, -0.05) is 18.1 Å². The van der Waals surface area contributed by atoms with Crippen molar-refractivity contribution in [1.29, 1.82) is 0 Å². The number of nitrogens with zero attached hydrogens (tertiary/aromatic N) is 3. The molecule has 3 aromatic rings. The van der Waals surface area contributed by atoms with Gasteiger partial charge in [-0.2, -0.15) is 4.98 Å². The van der Waals surface area contributed by atoms with Crippen LogP contribution < -0.4 is 14.8 Å². The zero-order chi connectivity index (χ0) is 18.5. The average molecular weight is 354 g/mol. The lowest BCUT2D eigenvalue weighted by atomic mass is 10.1. The summed E-state index contributed by atoms with van der Waals surface area (Å²) in [6, 6.07) is 9.69. The highest BCUT2D eigenvalue weighted by Crippen LogP contribution is 2.37. The van der Waals surface area contributed by atoms with Crippen molar-refractivity contribution in [3.05, 3.63) is 36.5 Å². The summed E-state index contributed by atoms with van der Waals surface area (Å²) in [4.78, 5) is 8.87. The molecule has 1 N–H and O–H groups in total.